The minimum Gasteiger partial charge on any atom is -0.193 e. The van der Waals surface area contributed by atoms with E-state index in [1.54, 1.807) is 0 Å². The second-order valence-corrected chi connectivity index (χ2v) is 3.15. The molecule has 0 unspecified atom stereocenters. The van der Waals surface area contributed by atoms with Crippen LogP contribution in [0.1, 0.15) is 44.9 Å². The van der Waals surface area contributed by atoms with Gasteiger partial charge in [-0.25, -0.2) is 0 Å². The topological polar surface area (TPSA) is 23.8 Å². The summed E-state index contributed by atoms with van der Waals surface area (Å²) in [4.78, 5) is 0. The van der Waals surface area contributed by atoms with Crippen LogP contribution in [-0.4, -0.2) is 0 Å². The third-order valence-electron chi connectivity index (χ3n) is 2.18. The van der Waals surface area contributed by atoms with Crippen molar-refractivity contribution in [2.24, 2.45) is 0 Å². The molecule has 0 atom stereocenters. The van der Waals surface area contributed by atoms with Crippen LogP contribution in [0.4, 0.5) is 0 Å². The summed E-state index contributed by atoms with van der Waals surface area (Å²) < 4.78 is 0. The fraction of sp³-hybridized carbons (Fsp3) is 0.700. The fourth-order valence-electron chi connectivity index (χ4n) is 1.47. The van der Waals surface area contributed by atoms with E-state index in [0.717, 1.165) is 18.4 Å². The van der Waals surface area contributed by atoms with Gasteiger partial charge in [-0.2, -0.15) is 5.26 Å². The number of rotatable bonds is 0. The molecule has 0 N–H and O–H groups in total. The molecule has 0 saturated carbocycles. The Bertz CT molecular complexity index is 174. The van der Waals surface area contributed by atoms with Crippen LogP contribution < -0.4 is 0 Å². The zero-order valence-corrected chi connectivity index (χ0v) is 6.97. The number of hydrogen-bond donors (Lipinski definition) is 0. The lowest BCUT2D eigenvalue weighted by atomic mass is 10.1. The Hall–Kier alpha value is -0.770. The Morgan fingerprint density at radius 2 is 1.82 bits per heavy atom. The maximum Gasteiger partial charge on any atom is 0.0943 e. The third kappa shape index (κ3) is 3.23. The molecule has 0 aromatic carbocycles. The van der Waals surface area contributed by atoms with Crippen molar-refractivity contribution in [3.05, 3.63) is 11.6 Å². The predicted molar refractivity (Wildman–Crippen MR) is 46.0 cm³/mol. The summed E-state index contributed by atoms with van der Waals surface area (Å²) in [6.45, 7) is 0. The van der Waals surface area contributed by atoms with E-state index in [0.29, 0.717) is 0 Å². The van der Waals surface area contributed by atoms with Gasteiger partial charge < -0.3 is 0 Å². The molecule has 1 aliphatic rings. The monoisotopic (exact) mass is 149 g/mol. The highest BCUT2D eigenvalue weighted by Gasteiger charge is 1.98. The Labute approximate surface area is 68.7 Å². The Morgan fingerprint density at radius 1 is 1.09 bits per heavy atom. The van der Waals surface area contributed by atoms with E-state index < -0.39 is 0 Å². The van der Waals surface area contributed by atoms with E-state index in [1.807, 2.05) is 0 Å². The van der Waals surface area contributed by atoms with E-state index >= 15 is 0 Å². The van der Waals surface area contributed by atoms with Gasteiger partial charge >= 0.3 is 0 Å². The highest BCUT2D eigenvalue weighted by molar-refractivity contribution is 5.20. The molecule has 0 aromatic heterocycles. The maximum absolute atomic E-state index is 8.68. The molecular weight excluding hydrogens is 134 g/mol. The van der Waals surface area contributed by atoms with Crippen molar-refractivity contribution in [1.82, 2.24) is 0 Å². The van der Waals surface area contributed by atoms with Gasteiger partial charge in [0.05, 0.1) is 6.07 Å². The summed E-state index contributed by atoms with van der Waals surface area (Å²) in [5.74, 6) is 0. The van der Waals surface area contributed by atoms with E-state index in [1.165, 1.54) is 32.1 Å². The standard InChI is InChI=1S/C10H15N/c11-9-10-7-5-3-1-2-4-6-8-10/h7H,1-6,8H2/b10-7+. The summed E-state index contributed by atoms with van der Waals surface area (Å²) >= 11 is 0. The molecule has 0 radical (unpaired) electrons. The van der Waals surface area contributed by atoms with Crippen molar-refractivity contribution in [1.29, 1.82) is 5.26 Å². The van der Waals surface area contributed by atoms with Crippen LogP contribution in [0.3, 0.4) is 0 Å². The molecule has 0 aromatic rings. The first-order valence-corrected chi connectivity index (χ1v) is 4.52. The minimum absolute atomic E-state index is 1.01. The molecule has 1 rings (SSSR count). The van der Waals surface area contributed by atoms with Crippen LogP contribution in [0, 0.1) is 11.3 Å². The van der Waals surface area contributed by atoms with Gasteiger partial charge in [-0.1, -0.05) is 25.3 Å². The van der Waals surface area contributed by atoms with Gasteiger partial charge in [0.15, 0.2) is 0 Å². The summed E-state index contributed by atoms with van der Waals surface area (Å²) in [6.07, 6.45) is 10.7. The quantitative estimate of drug-likeness (QED) is 0.519. The lowest BCUT2D eigenvalue weighted by Gasteiger charge is -1.95. The average Bonchev–Trinajstić information content (AvgIpc) is 2.16. The van der Waals surface area contributed by atoms with E-state index in [-0.39, 0.29) is 0 Å². The smallest absolute Gasteiger partial charge is 0.0943 e. The van der Waals surface area contributed by atoms with Gasteiger partial charge in [0.1, 0.15) is 0 Å². The van der Waals surface area contributed by atoms with Gasteiger partial charge in [0, 0.05) is 5.57 Å². The van der Waals surface area contributed by atoms with Crippen LogP contribution in [0.2, 0.25) is 0 Å². The average molecular weight is 149 g/mol. The summed E-state index contributed by atoms with van der Waals surface area (Å²) in [5.41, 5.74) is 1.01. The summed E-state index contributed by atoms with van der Waals surface area (Å²) in [5, 5.41) is 8.68. The first kappa shape index (κ1) is 8.33. The van der Waals surface area contributed by atoms with E-state index in [4.69, 9.17) is 5.26 Å². The number of hydrogen-bond acceptors (Lipinski definition) is 1. The Balaban J connectivity index is 2.42. The Morgan fingerprint density at radius 3 is 2.64 bits per heavy atom. The fourth-order valence-corrected chi connectivity index (χ4v) is 1.47. The molecule has 0 amide bonds. The first-order chi connectivity index (χ1) is 5.43. The first-order valence-electron chi connectivity index (χ1n) is 4.52. The molecule has 0 heterocycles. The predicted octanol–water partition coefficient (Wildman–Crippen LogP) is 3.18. The van der Waals surface area contributed by atoms with E-state index in [9.17, 15) is 0 Å². The van der Waals surface area contributed by atoms with Gasteiger partial charge in [-0.05, 0) is 25.7 Å². The molecule has 0 fully saturated rings. The van der Waals surface area contributed by atoms with Crippen molar-refractivity contribution in [2.45, 2.75) is 44.9 Å². The van der Waals surface area contributed by atoms with Crippen LogP contribution in [0.15, 0.2) is 11.6 Å². The molecule has 0 saturated heterocycles. The zero-order valence-electron chi connectivity index (χ0n) is 6.97. The largest absolute Gasteiger partial charge is 0.193 e. The van der Waals surface area contributed by atoms with Crippen molar-refractivity contribution < 1.29 is 0 Å². The molecule has 0 spiro atoms. The van der Waals surface area contributed by atoms with E-state index in [2.05, 4.69) is 12.1 Å². The lowest BCUT2D eigenvalue weighted by Crippen LogP contribution is -1.79. The van der Waals surface area contributed by atoms with Crippen LogP contribution >= 0.6 is 0 Å². The second-order valence-electron chi connectivity index (χ2n) is 3.15. The van der Waals surface area contributed by atoms with Gasteiger partial charge in [-0.15, -0.1) is 0 Å². The molecular formula is C10H15N. The lowest BCUT2D eigenvalue weighted by molar-refractivity contribution is 0.630. The SMILES string of the molecule is N#C/C1=C/CCCCCCC1. The minimum atomic E-state index is 1.01. The molecule has 1 heteroatoms. The van der Waals surface area contributed by atoms with Crippen molar-refractivity contribution >= 4 is 0 Å². The summed E-state index contributed by atoms with van der Waals surface area (Å²) in [6, 6.07) is 2.26. The van der Waals surface area contributed by atoms with Gasteiger partial charge in [0.2, 0.25) is 0 Å². The molecule has 1 nitrogen and oxygen atoms in total. The second kappa shape index (κ2) is 4.96. The zero-order chi connectivity index (χ0) is 7.94. The van der Waals surface area contributed by atoms with Crippen molar-refractivity contribution in [2.75, 3.05) is 0 Å². The highest BCUT2D eigenvalue weighted by Crippen LogP contribution is 2.15. The van der Waals surface area contributed by atoms with Crippen LogP contribution in [0.5, 0.6) is 0 Å². The molecule has 1 aliphatic carbocycles. The number of nitriles is 1. The molecule has 60 valence electrons. The van der Waals surface area contributed by atoms with Crippen LogP contribution in [-0.2, 0) is 0 Å². The number of nitrogens with zero attached hydrogens (tertiary/aromatic N) is 1. The highest BCUT2D eigenvalue weighted by atomic mass is 14.2. The van der Waals surface area contributed by atoms with Gasteiger partial charge in [-0.3, -0.25) is 0 Å². The van der Waals surface area contributed by atoms with Crippen molar-refractivity contribution in [3.63, 3.8) is 0 Å². The Kier molecular flexibility index (Phi) is 3.75. The normalized spacial score (nSPS) is 25.2. The molecule has 0 bridgehead atoms. The van der Waals surface area contributed by atoms with Crippen LogP contribution in [0.25, 0.3) is 0 Å². The van der Waals surface area contributed by atoms with Crippen molar-refractivity contribution in [3.8, 4) is 6.07 Å². The third-order valence-corrected chi connectivity index (χ3v) is 2.18. The number of allylic oxidation sites excluding steroid dienone is 2. The maximum atomic E-state index is 8.68. The van der Waals surface area contributed by atoms with Gasteiger partial charge in [0.25, 0.3) is 0 Å². The molecule has 0 aliphatic heterocycles. The molecule has 11 heavy (non-hydrogen) atoms. The summed E-state index contributed by atoms with van der Waals surface area (Å²) in [7, 11) is 0.